The first-order valence-corrected chi connectivity index (χ1v) is 18.6. The highest BCUT2D eigenvalue weighted by Gasteiger charge is 2.26. The first kappa shape index (κ1) is 45.0. The number of phenolic OH excluding ortho intramolecular Hbond substituents is 1. The second-order valence-electron chi connectivity index (χ2n) is 13.9. The minimum atomic E-state index is -3.41. The van der Waals surface area contributed by atoms with Crippen LogP contribution < -0.4 is 17.2 Å². The van der Waals surface area contributed by atoms with Gasteiger partial charge < -0.3 is 36.2 Å². The number of phenols is 1. The number of aryl methyl sites for hydroxylation is 2. The normalized spacial score (nSPS) is 11.9. The molecule has 3 rings (SSSR count). The number of primary amides is 2. The van der Waals surface area contributed by atoms with Crippen LogP contribution in [-0.4, -0.2) is 61.8 Å². The molecule has 0 bridgehead atoms. The van der Waals surface area contributed by atoms with Crippen LogP contribution in [0.3, 0.4) is 0 Å². The summed E-state index contributed by atoms with van der Waals surface area (Å²) in [5, 5.41) is 9.54. The van der Waals surface area contributed by atoms with Crippen LogP contribution in [0.2, 0.25) is 0 Å². The maximum Gasteiger partial charge on any atom is 0.405 e. The van der Waals surface area contributed by atoms with Crippen molar-refractivity contribution in [2.45, 2.75) is 116 Å². The van der Waals surface area contributed by atoms with Crippen LogP contribution in [0, 0.1) is 13.8 Å². The number of carbonyl (C=O) groups excluding carboxylic acids is 2. The van der Waals surface area contributed by atoms with Crippen LogP contribution in [0.4, 0.5) is 15.3 Å². The number of amides is 2. The lowest BCUT2D eigenvalue weighted by molar-refractivity contribution is 0.0588. The van der Waals surface area contributed by atoms with E-state index in [-0.39, 0.29) is 38.1 Å². The number of hydrogen-bond donors (Lipinski definition) is 4. The van der Waals surface area contributed by atoms with Gasteiger partial charge in [-0.3, -0.25) is 0 Å². The summed E-state index contributed by atoms with van der Waals surface area (Å²) in [7, 11) is -6.73. The number of carbonyl (C=O) groups is 2. The van der Waals surface area contributed by atoms with E-state index in [2.05, 4.69) is 14.5 Å². The van der Waals surface area contributed by atoms with Crippen molar-refractivity contribution in [2.75, 3.05) is 17.2 Å². The Kier molecular flexibility index (Phi) is 15.6. The molecule has 2 aromatic carbocycles. The van der Waals surface area contributed by atoms with E-state index in [1.165, 1.54) is 13.0 Å². The highest BCUT2D eigenvalue weighted by atomic mass is 32.2. The van der Waals surface area contributed by atoms with Gasteiger partial charge in [-0.05, 0) is 78.6 Å². The summed E-state index contributed by atoms with van der Waals surface area (Å²) in [6, 6.07) is 6.65. The molecular formula is C33H54N4O10S2. The van der Waals surface area contributed by atoms with Crippen LogP contribution in [0.15, 0.2) is 38.5 Å². The summed E-state index contributed by atoms with van der Waals surface area (Å²) >= 11 is 0. The standard InChI is InChI=1S/C14H19NO3S.C9H13NO3S.2C5H11NO2/c1-6-19(16,17)12-9(2)7-8-10-11(12)18-13(15-10)14(3,4)5;1-3-14(12,13)9-6(2)4-5-7(10)8(9)11;2*1-5(2,3)8-4(6)7/h7-8H,6H2,1-5H3;4-5,11H,3,10H2,1-2H3;2*1-3H3,(H2,6,7). The summed E-state index contributed by atoms with van der Waals surface area (Å²) in [5.74, 6) is 0.219. The first-order chi connectivity index (χ1) is 21.9. The van der Waals surface area contributed by atoms with E-state index in [1.807, 2.05) is 20.8 Å². The average Bonchev–Trinajstić information content (AvgIpc) is 3.34. The molecule has 16 heteroatoms. The van der Waals surface area contributed by atoms with E-state index >= 15 is 0 Å². The summed E-state index contributed by atoms with van der Waals surface area (Å²) in [6.45, 7) is 23.1. The van der Waals surface area contributed by atoms with Crippen molar-refractivity contribution in [1.82, 2.24) is 4.98 Å². The second-order valence-corrected chi connectivity index (χ2v) is 18.3. The lowest BCUT2D eigenvalue weighted by Gasteiger charge is -2.16. The second kappa shape index (κ2) is 17.1. The molecule has 14 nitrogen and oxygen atoms in total. The fourth-order valence-corrected chi connectivity index (χ4v) is 6.28. The van der Waals surface area contributed by atoms with Crippen LogP contribution in [0.25, 0.3) is 11.1 Å². The number of oxazole rings is 1. The molecule has 0 radical (unpaired) electrons. The van der Waals surface area contributed by atoms with Gasteiger partial charge in [0.05, 0.1) is 17.2 Å². The predicted octanol–water partition coefficient (Wildman–Crippen LogP) is 6.06. The molecule has 2 amide bonds. The molecule has 0 spiro atoms. The topological polar surface area (TPSA) is 245 Å². The summed E-state index contributed by atoms with van der Waals surface area (Å²) < 4.78 is 62.5. The number of hydrogen-bond acceptors (Lipinski definition) is 12. The molecular weight excluding hydrogens is 677 g/mol. The minimum absolute atomic E-state index is 0.0507. The number of fused-ring (bicyclic) bond motifs is 1. The van der Waals surface area contributed by atoms with E-state index in [0.717, 1.165) is 0 Å². The van der Waals surface area contributed by atoms with Gasteiger partial charge in [0.1, 0.15) is 26.5 Å². The first-order valence-electron chi connectivity index (χ1n) is 15.3. The van der Waals surface area contributed by atoms with Crippen molar-refractivity contribution < 1.29 is 45.4 Å². The number of benzene rings is 2. The number of aromatic nitrogens is 1. The van der Waals surface area contributed by atoms with Crippen LogP contribution >= 0.6 is 0 Å². The number of ether oxygens (including phenoxy) is 2. The average molecular weight is 731 g/mol. The Bertz CT molecular complexity index is 1790. The van der Waals surface area contributed by atoms with Gasteiger partial charge in [-0.25, -0.2) is 31.4 Å². The molecule has 3 aromatic rings. The van der Waals surface area contributed by atoms with Crippen LogP contribution in [0.5, 0.6) is 5.75 Å². The molecule has 0 atom stereocenters. The third-order valence-corrected chi connectivity index (χ3v) is 9.69. The van der Waals surface area contributed by atoms with E-state index in [9.17, 15) is 31.5 Å². The van der Waals surface area contributed by atoms with Crippen molar-refractivity contribution in [3.8, 4) is 5.75 Å². The fourth-order valence-electron chi connectivity index (χ4n) is 3.75. The highest BCUT2D eigenvalue weighted by Crippen LogP contribution is 2.33. The van der Waals surface area contributed by atoms with E-state index in [1.54, 1.807) is 80.5 Å². The molecule has 0 unspecified atom stereocenters. The van der Waals surface area contributed by atoms with Gasteiger partial charge in [0.15, 0.2) is 31.0 Å². The van der Waals surface area contributed by atoms with Crippen LogP contribution in [-0.2, 0) is 34.6 Å². The van der Waals surface area contributed by atoms with Gasteiger partial charge in [-0.15, -0.1) is 0 Å². The van der Waals surface area contributed by atoms with Gasteiger partial charge in [0, 0.05) is 5.41 Å². The Morgan fingerprint density at radius 2 is 1.14 bits per heavy atom. The third kappa shape index (κ3) is 14.9. The maximum absolute atomic E-state index is 12.2. The summed E-state index contributed by atoms with van der Waals surface area (Å²) in [4.78, 5) is 24.7. The van der Waals surface area contributed by atoms with Crippen molar-refractivity contribution in [3.05, 3.63) is 41.3 Å². The lowest BCUT2D eigenvalue weighted by Crippen LogP contribution is -2.27. The minimum Gasteiger partial charge on any atom is -0.504 e. The van der Waals surface area contributed by atoms with Gasteiger partial charge >= 0.3 is 12.2 Å². The number of nitrogen functional groups attached to an aromatic ring is 1. The Morgan fingerprint density at radius 1 is 0.755 bits per heavy atom. The molecule has 0 aliphatic heterocycles. The molecule has 0 saturated heterocycles. The zero-order chi connectivity index (χ0) is 38.9. The van der Waals surface area contributed by atoms with Gasteiger partial charge in [-0.1, -0.05) is 46.8 Å². The van der Waals surface area contributed by atoms with E-state index in [0.29, 0.717) is 28.1 Å². The largest absolute Gasteiger partial charge is 0.504 e. The zero-order valence-electron chi connectivity index (χ0n) is 30.8. The number of rotatable bonds is 4. The molecule has 0 fully saturated rings. The molecule has 49 heavy (non-hydrogen) atoms. The quantitative estimate of drug-likeness (QED) is 0.177. The Labute approximate surface area is 290 Å². The Hall–Kier alpha value is -4.05. The van der Waals surface area contributed by atoms with Gasteiger partial charge in [0.2, 0.25) is 5.89 Å². The van der Waals surface area contributed by atoms with Crippen molar-refractivity contribution in [2.24, 2.45) is 11.5 Å². The van der Waals surface area contributed by atoms with E-state index in [4.69, 9.17) is 21.6 Å². The van der Waals surface area contributed by atoms with Gasteiger partial charge in [-0.2, -0.15) is 0 Å². The number of anilines is 1. The zero-order valence-corrected chi connectivity index (χ0v) is 32.5. The molecule has 278 valence electrons. The Balaban J connectivity index is 0.000000676. The van der Waals surface area contributed by atoms with Crippen molar-refractivity contribution in [3.63, 3.8) is 0 Å². The molecule has 7 N–H and O–H groups in total. The van der Waals surface area contributed by atoms with Crippen molar-refractivity contribution >= 4 is 48.6 Å². The molecule has 0 aliphatic rings. The third-order valence-electron chi connectivity index (χ3n) is 5.91. The summed E-state index contributed by atoms with van der Waals surface area (Å²) in [6.07, 6.45) is -1.45. The van der Waals surface area contributed by atoms with E-state index < -0.39 is 43.1 Å². The molecule has 0 saturated carbocycles. The monoisotopic (exact) mass is 730 g/mol. The SMILES string of the molecule is CC(C)(C)OC(N)=O.CC(C)(C)OC(N)=O.CCS(=O)(=O)c1c(C)ccc(N)c1O.CCS(=O)(=O)c1c(C)ccc2nc(C(C)(C)C)oc12. The molecule has 1 heterocycles. The molecule has 0 aliphatic carbocycles. The van der Waals surface area contributed by atoms with Crippen molar-refractivity contribution in [1.29, 1.82) is 0 Å². The van der Waals surface area contributed by atoms with Crippen LogP contribution in [0.1, 0.15) is 93.2 Å². The van der Waals surface area contributed by atoms with Gasteiger partial charge in [0.25, 0.3) is 0 Å². The predicted molar refractivity (Wildman–Crippen MR) is 191 cm³/mol. The lowest BCUT2D eigenvalue weighted by atomic mass is 9.97. The molecule has 1 aromatic heterocycles. The smallest absolute Gasteiger partial charge is 0.405 e. The fraction of sp³-hybridized carbons (Fsp3) is 0.545. The summed E-state index contributed by atoms with van der Waals surface area (Å²) in [5.41, 5.74) is 16.0. The maximum atomic E-state index is 12.2. The number of aromatic hydroxyl groups is 1. The number of nitrogens with zero attached hydrogens (tertiary/aromatic N) is 1. The number of nitrogens with two attached hydrogens (primary N) is 3. The highest BCUT2D eigenvalue weighted by molar-refractivity contribution is 7.91. The Morgan fingerprint density at radius 3 is 1.49 bits per heavy atom. The number of sulfone groups is 2.